The van der Waals surface area contributed by atoms with E-state index in [0.717, 1.165) is 16.9 Å². The predicted molar refractivity (Wildman–Crippen MR) is 119 cm³/mol. The van der Waals surface area contributed by atoms with E-state index in [1.54, 1.807) is 38.1 Å². The minimum absolute atomic E-state index is 0.262. The van der Waals surface area contributed by atoms with Gasteiger partial charge in [0.05, 0.1) is 30.7 Å². The van der Waals surface area contributed by atoms with Crippen LogP contribution in [0.15, 0.2) is 16.9 Å². The Bertz CT molecular complexity index is 1180. The van der Waals surface area contributed by atoms with E-state index in [4.69, 9.17) is 25.8 Å². The lowest BCUT2D eigenvalue weighted by Gasteiger charge is -2.11. The summed E-state index contributed by atoms with van der Waals surface area (Å²) in [6, 6.07) is 3.51. The highest BCUT2D eigenvalue weighted by molar-refractivity contribution is 7.20. The van der Waals surface area contributed by atoms with Crippen LogP contribution in [0.3, 0.4) is 0 Å². The van der Waals surface area contributed by atoms with Crippen LogP contribution in [-0.2, 0) is 4.74 Å². The average molecular weight is 449 g/mol. The van der Waals surface area contributed by atoms with Gasteiger partial charge in [-0.05, 0) is 50.1 Å². The van der Waals surface area contributed by atoms with Crippen molar-refractivity contribution in [2.45, 2.75) is 20.8 Å². The number of rotatable bonds is 7. The number of nitrogens with zero attached hydrogens (tertiary/aromatic N) is 1. The largest absolute Gasteiger partial charge is 0.493 e. The van der Waals surface area contributed by atoms with Gasteiger partial charge in [-0.25, -0.2) is 9.78 Å². The third-order valence-electron chi connectivity index (χ3n) is 4.25. The zero-order valence-corrected chi connectivity index (χ0v) is 18.6. The molecule has 9 heteroatoms. The second-order valence-electron chi connectivity index (χ2n) is 6.21. The maximum atomic E-state index is 12.6. The fourth-order valence-electron chi connectivity index (χ4n) is 2.93. The van der Waals surface area contributed by atoms with E-state index in [0.29, 0.717) is 49.6 Å². The van der Waals surface area contributed by atoms with E-state index in [2.05, 4.69) is 9.97 Å². The molecule has 0 atom stereocenters. The minimum Gasteiger partial charge on any atom is -0.493 e. The summed E-state index contributed by atoms with van der Waals surface area (Å²) in [5.74, 6) is 0.889. The highest BCUT2D eigenvalue weighted by Crippen LogP contribution is 2.37. The lowest BCUT2D eigenvalue weighted by molar-refractivity contribution is 0.0531. The van der Waals surface area contributed by atoms with Gasteiger partial charge in [-0.1, -0.05) is 17.7 Å². The van der Waals surface area contributed by atoms with Gasteiger partial charge in [-0.3, -0.25) is 4.79 Å². The number of methoxy groups -OCH3 is 1. The van der Waals surface area contributed by atoms with E-state index >= 15 is 0 Å². The number of hydrogen-bond donors (Lipinski definition) is 1. The van der Waals surface area contributed by atoms with Gasteiger partial charge in [0.15, 0.2) is 11.5 Å². The third-order valence-corrected chi connectivity index (χ3v) is 5.70. The Morgan fingerprint density at radius 2 is 2.03 bits per heavy atom. The zero-order valence-electron chi connectivity index (χ0n) is 17.0. The number of fused-ring (bicyclic) bond motifs is 1. The van der Waals surface area contributed by atoms with Crippen molar-refractivity contribution in [3.63, 3.8) is 0 Å². The number of ether oxygens (including phenoxy) is 3. The SMILES string of the molecule is CCOC(=O)c1sc2nc(/C=C/c3cc(Cl)c(OCC)c(OC)c3)[nH]c(=O)c2c1C. The molecule has 1 N–H and O–H groups in total. The number of aromatic nitrogens is 2. The molecule has 30 heavy (non-hydrogen) atoms. The predicted octanol–water partition coefficient (Wildman–Crippen LogP) is 4.70. The highest BCUT2D eigenvalue weighted by atomic mass is 35.5. The second kappa shape index (κ2) is 9.32. The van der Waals surface area contributed by atoms with Crippen molar-refractivity contribution in [1.29, 1.82) is 0 Å². The molecule has 0 aliphatic rings. The molecular weight excluding hydrogens is 428 g/mol. The first-order valence-electron chi connectivity index (χ1n) is 9.28. The van der Waals surface area contributed by atoms with Crippen molar-refractivity contribution in [3.8, 4) is 11.5 Å². The van der Waals surface area contributed by atoms with Crippen molar-refractivity contribution in [2.24, 2.45) is 0 Å². The molecular formula is C21H21ClN2O5S. The number of benzene rings is 1. The van der Waals surface area contributed by atoms with Gasteiger partial charge in [0.2, 0.25) is 0 Å². The van der Waals surface area contributed by atoms with Gasteiger partial charge in [0.1, 0.15) is 15.5 Å². The normalized spacial score (nSPS) is 11.2. The summed E-state index contributed by atoms with van der Waals surface area (Å²) in [5, 5.41) is 0.812. The van der Waals surface area contributed by atoms with Crippen molar-refractivity contribution >= 4 is 51.3 Å². The summed E-state index contributed by atoms with van der Waals surface area (Å²) in [4.78, 5) is 32.7. The third kappa shape index (κ3) is 4.34. The molecule has 3 rings (SSSR count). The Morgan fingerprint density at radius 1 is 1.27 bits per heavy atom. The topological polar surface area (TPSA) is 90.5 Å². The molecule has 0 amide bonds. The van der Waals surface area contributed by atoms with Crippen LogP contribution in [0.25, 0.3) is 22.4 Å². The second-order valence-corrected chi connectivity index (χ2v) is 7.61. The number of aromatic amines is 1. The summed E-state index contributed by atoms with van der Waals surface area (Å²) in [6.07, 6.45) is 3.41. The Balaban J connectivity index is 1.98. The van der Waals surface area contributed by atoms with Crippen LogP contribution < -0.4 is 15.0 Å². The fraction of sp³-hybridized carbons (Fsp3) is 0.286. The van der Waals surface area contributed by atoms with E-state index in [1.165, 1.54) is 7.11 Å². The molecule has 0 fully saturated rings. The van der Waals surface area contributed by atoms with E-state index in [9.17, 15) is 9.59 Å². The van der Waals surface area contributed by atoms with Gasteiger partial charge in [-0.2, -0.15) is 0 Å². The number of H-pyrrole nitrogens is 1. The monoisotopic (exact) mass is 448 g/mol. The first-order chi connectivity index (χ1) is 14.4. The molecule has 0 saturated heterocycles. The number of halogens is 1. The molecule has 0 radical (unpaired) electrons. The number of carbonyl (C=O) groups excluding carboxylic acids is 1. The van der Waals surface area contributed by atoms with Crippen LogP contribution in [0, 0.1) is 6.92 Å². The molecule has 0 saturated carbocycles. The van der Waals surface area contributed by atoms with Crippen LogP contribution in [-0.4, -0.2) is 36.3 Å². The lowest BCUT2D eigenvalue weighted by Crippen LogP contribution is -2.10. The Kier molecular flexibility index (Phi) is 6.79. The first-order valence-corrected chi connectivity index (χ1v) is 10.5. The van der Waals surface area contributed by atoms with E-state index < -0.39 is 5.97 Å². The summed E-state index contributed by atoms with van der Waals surface area (Å²) in [5.41, 5.74) is 1.00. The minimum atomic E-state index is -0.453. The Morgan fingerprint density at radius 3 is 2.70 bits per heavy atom. The number of esters is 1. The zero-order chi connectivity index (χ0) is 21.8. The maximum Gasteiger partial charge on any atom is 0.348 e. The summed E-state index contributed by atoms with van der Waals surface area (Å²) < 4.78 is 15.9. The van der Waals surface area contributed by atoms with Gasteiger partial charge in [0.25, 0.3) is 5.56 Å². The van der Waals surface area contributed by atoms with E-state index in [1.807, 2.05) is 6.92 Å². The van der Waals surface area contributed by atoms with E-state index in [-0.39, 0.29) is 12.2 Å². The van der Waals surface area contributed by atoms with Crippen LogP contribution in [0.5, 0.6) is 11.5 Å². The number of thiophene rings is 1. The Hall–Kier alpha value is -2.84. The lowest BCUT2D eigenvalue weighted by atomic mass is 10.2. The maximum absolute atomic E-state index is 12.6. The van der Waals surface area contributed by atoms with Gasteiger partial charge < -0.3 is 19.2 Å². The van der Waals surface area contributed by atoms with Gasteiger partial charge in [-0.15, -0.1) is 11.3 Å². The van der Waals surface area contributed by atoms with Gasteiger partial charge in [0, 0.05) is 0 Å². The molecule has 1 aromatic carbocycles. The summed E-state index contributed by atoms with van der Waals surface area (Å²) in [6.45, 7) is 6.03. The molecule has 0 spiro atoms. The molecule has 0 unspecified atom stereocenters. The van der Waals surface area contributed by atoms with Crippen molar-refractivity contribution in [2.75, 3.05) is 20.3 Å². The molecule has 2 heterocycles. The summed E-state index contributed by atoms with van der Waals surface area (Å²) in [7, 11) is 1.54. The van der Waals surface area contributed by atoms with Crippen molar-refractivity contribution < 1.29 is 19.0 Å². The number of nitrogens with one attached hydrogen (secondary N) is 1. The average Bonchev–Trinajstić information content (AvgIpc) is 3.05. The quantitative estimate of drug-likeness (QED) is 0.527. The fourth-order valence-corrected chi connectivity index (χ4v) is 4.28. The van der Waals surface area contributed by atoms with Crippen molar-refractivity contribution in [3.05, 3.63) is 49.3 Å². The number of hydrogen-bond acceptors (Lipinski definition) is 7. The van der Waals surface area contributed by atoms with Gasteiger partial charge >= 0.3 is 5.97 Å². The van der Waals surface area contributed by atoms with Crippen molar-refractivity contribution in [1.82, 2.24) is 9.97 Å². The van der Waals surface area contributed by atoms with Crippen LogP contribution in [0.4, 0.5) is 0 Å². The van der Waals surface area contributed by atoms with Crippen LogP contribution >= 0.6 is 22.9 Å². The molecule has 0 aliphatic heterocycles. The van der Waals surface area contributed by atoms with Crippen LogP contribution in [0.2, 0.25) is 5.02 Å². The molecule has 2 aromatic heterocycles. The smallest absolute Gasteiger partial charge is 0.348 e. The summed E-state index contributed by atoms with van der Waals surface area (Å²) >= 11 is 7.44. The molecule has 0 aliphatic carbocycles. The molecule has 0 bridgehead atoms. The molecule has 7 nitrogen and oxygen atoms in total. The molecule has 3 aromatic rings. The molecule has 158 valence electrons. The highest BCUT2D eigenvalue weighted by Gasteiger charge is 2.20. The first kappa shape index (κ1) is 21.9. The standard InChI is InChI=1S/C21H21ClN2O5S/c1-5-28-17-13(22)9-12(10-14(17)27-4)7-8-15-23-19(25)16-11(3)18(21(26)29-6-2)30-20(16)24-15/h7-10H,5-6H2,1-4H3,(H,23,24,25)/b8-7+. The number of aryl methyl sites for hydroxylation is 1. The number of carbonyl (C=O) groups is 1. The van der Waals surface area contributed by atoms with Crippen LogP contribution in [0.1, 0.15) is 40.5 Å². The Labute approximate surface area is 182 Å².